The molecule has 4 unspecified atom stereocenters. The van der Waals surface area contributed by atoms with Gasteiger partial charge in [-0.15, -0.1) is 0 Å². The van der Waals surface area contributed by atoms with Crippen LogP contribution >= 0.6 is 0 Å². The molecule has 0 bridgehead atoms. The van der Waals surface area contributed by atoms with Gasteiger partial charge in [0, 0.05) is 13.7 Å². The summed E-state index contributed by atoms with van der Waals surface area (Å²) in [6.45, 7) is 1.87. The van der Waals surface area contributed by atoms with Crippen LogP contribution in [0.2, 0.25) is 0 Å². The van der Waals surface area contributed by atoms with Crippen LogP contribution in [0.5, 0.6) is 0 Å². The van der Waals surface area contributed by atoms with Crippen LogP contribution in [0, 0.1) is 0 Å². The average Bonchev–Trinajstić information content (AvgIpc) is 3.10. The number of ether oxygens (including phenoxy) is 3. The van der Waals surface area contributed by atoms with Gasteiger partial charge in [0.25, 0.3) is 5.91 Å². The lowest BCUT2D eigenvalue weighted by Gasteiger charge is -2.30. The Hall–Kier alpha value is -2.97. The van der Waals surface area contributed by atoms with Gasteiger partial charge in [-0.1, -0.05) is 36.8 Å². The lowest BCUT2D eigenvalue weighted by Crippen LogP contribution is -2.52. The SMILES string of the molecule is COC(C(=O)N1C(=O)OC(c2ccccc2)C1C)C1OC(=CCCCCCO)C=CC1=O. The number of aliphatic hydroxyl groups is 1. The van der Waals surface area contributed by atoms with Crippen molar-refractivity contribution >= 4 is 17.8 Å². The van der Waals surface area contributed by atoms with E-state index in [1.807, 2.05) is 36.4 Å². The molecule has 8 heteroatoms. The van der Waals surface area contributed by atoms with Crippen LogP contribution in [-0.4, -0.2) is 59.8 Å². The van der Waals surface area contributed by atoms with Crippen molar-refractivity contribution in [2.45, 2.75) is 57.0 Å². The summed E-state index contributed by atoms with van der Waals surface area (Å²) < 4.78 is 16.6. The zero-order chi connectivity index (χ0) is 23.1. The monoisotopic (exact) mass is 443 g/mol. The van der Waals surface area contributed by atoms with Crippen molar-refractivity contribution in [3.8, 4) is 0 Å². The average molecular weight is 443 g/mol. The standard InChI is InChI=1S/C24H29NO7/c1-16-20(17-10-6-5-7-11-17)32-24(29)25(16)23(28)22(30-2)21-19(27)14-13-18(31-21)12-8-3-4-9-15-26/h5-7,10-14,16,20-22,26H,3-4,8-9,15H2,1-2H3. The number of amides is 2. The maximum Gasteiger partial charge on any atom is 0.417 e. The van der Waals surface area contributed by atoms with Crippen molar-refractivity contribution in [1.82, 2.24) is 4.90 Å². The second-order valence-corrected chi connectivity index (χ2v) is 7.77. The number of rotatable bonds is 9. The minimum absolute atomic E-state index is 0.156. The number of unbranched alkanes of at least 4 members (excludes halogenated alkanes) is 3. The molecule has 2 aliphatic heterocycles. The fourth-order valence-electron chi connectivity index (χ4n) is 3.84. The first kappa shape index (κ1) is 23.7. The lowest BCUT2D eigenvalue weighted by atomic mass is 10.0. The van der Waals surface area contributed by atoms with Gasteiger partial charge in [-0.2, -0.15) is 0 Å². The number of allylic oxidation sites excluding steroid dienone is 2. The van der Waals surface area contributed by atoms with E-state index in [-0.39, 0.29) is 6.61 Å². The van der Waals surface area contributed by atoms with Gasteiger partial charge in [0.2, 0.25) is 0 Å². The Kier molecular flexibility index (Phi) is 8.19. The molecule has 4 atom stereocenters. The van der Waals surface area contributed by atoms with Gasteiger partial charge >= 0.3 is 6.09 Å². The normalized spacial score (nSPS) is 25.0. The number of hydrogen-bond acceptors (Lipinski definition) is 7. The zero-order valence-electron chi connectivity index (χ0n) is 18.3. The molecule has 32 heavy (non-hydrogen) atoms. The van der Waals surface area contributed by atoms with E-state index in [0.717, 1.165) is 29.7 Å². The number of imide groups is 1. The second-order valence-electron chi connectivity index (χ2n) is 7.77. The quantitative estimate of drug-likeness (QED) is 0.585. The number of ketones is 1. The van der Waals surface area contributed by atoms with E-state index in [2.05, 4.69) is 0 Å². The van der Waals surface area contributed by atoms with Crippen LogP contribution < -0.4 is 0 Å². The molecule has 8 nitrogen and oxygen atoms in total. The van der Waals surface area contributed by atoms with E-state index < -0.39 is 42.1 Å². The number of nitrogens with zero attached hydrogens (tertiary/aromatic N) is 1. The van der Waals surface area contributed by atoms with Gasteiger partial charge in [-0.05, 0) is 50.0 Å². The third kappa shape index (κ3) is 5.26. The Bertz CT molecular complexity index is 880. The minimum Gasteiger partial charge on any atom is -0.479 e. The fraction of sp³-hybridized carbons (Fsp3) is 0.458. The maximum atomic E-state index is 13.3. The molecule has 2 amide bonds. The molecule has 1 saturated heterocycles. The summed E-state index contributed by atoms with van der Waals surface area (Å²) in [6.07, 6.45) is 4.05. The van der Waals surface area contributed by atoms with Gasteiger partial charge < -0.3 is 19.3 Å². The first-order valence-corrected chi connectivity index (χ1v) is 10.8. The van der Waals surface area contributed by atoms with Gasteiger partial charge in [-0.25, -0.2) is 9.69 Å². The van der Waals surface area contributed by atoms with Crippen LogP contribution in [0.25, 0.3) is 0 Å². The molecule has 172 valence electrons. The molecule has 3 rings (SSSR count). The lowest BCUT2D eigenvalue weighted by molar-refractivity contribution is -0.153. The Labute approximate surface area is 187 Å². The molecule has 0 saturated carbocycles. The third-order valence-electron chi connectivity index (χ3n) is 5.57. The zero-order valence-corrected chi connectivity index (χ0v) is 18.3. The molecule has 0 spiro atoms. The van der Waals surface area contributed by atoms with Gasteiger partial charge in [-0.3, -0.25) is 9.59 Å². The number of benzene rings is 1. The summed E-state index contributed by atoms with van der Waals surface area (Å²) in [4.78, 5) is 39.3. The first-order chi connectivity index (χ1) is 15.5. The van der Waals surface area contributed by atoms with Crippen molar-refractivity contribution < 1.29 is 33.7 Å². The van der Waals surface area contributed by atoms with Crippen LogP contribution in [0.4, 0.5) is 4.79 Å². The number of aliphatic hydroxyl groups excluding tert-OH is 1. The molecular formula is C24H29NO7. The minimum atomic E-state index is -1.30. The number of carbonyl (C=O) groups excluding carboxylic acids is 3. The molecule has 2 aliphatic rings. The molecule has 1 fully saturated rings. The highest BCUT2D eigenvalue weighted by Gasteiger charge is 2.48. The van der Waals surface area contributed by atoms with Crippen LogP contribution in [0.15, 0.2) is 54.3 Å². The molecule has 0 aromatic heterocycles. The summed E-state index contributed by atoms with van der Waals surface area (Å²) in [5.41, 5.74) is 0.775. The number of methoxy groups -OCH3 is 1. The fourth-order valence-corrected chi connectivity index (χ4v) is 3.84. The van der Waals surface area contributed by atoms with E-state index in [0.29, 0.717) is 12.2 Å². The van der Waals surface area contributed by atoms with Crippen molar-refractivity contribution in [3.05, 3.63) is 59.9 Å². The molecule has 1 N–H and O–H groups in total. The highest BCUT2D eigenvalue weighted by Crippen LogP contribution is 2.33. The Morgan fingerprint density at radius 3 is 2.59 bits per heavy atom. The predicted molar refractivity (Wildman–Crippen MR) is 115 cm³/mol. The molecular weight excluding hydrogens is 414 g/mol. The molecule has 2 heterocycles. The Morgan fingerprint density at radius 1 is 1.16 bits per heavy atom. The summed E-state index contributed by atoms with van der Waals surface area (Å²) in [7, 11) is 1.30. The Morgan fingerprint density at radius 2 is 1.91 bits per heavy atom. The molecule has 0 radical (unpaired) electrons. The van der Waals surface area contributed by atoms with Gasteiger partial charge in [0.15, 0.2) is 18.0 Å². The maximum absolute atomic E-state index is 13.3. The highest BCUT2D eigenvalue weighted by molar-refractivity contribution is 6.03. The van der Waals surface area contributed by atoms with E-state index >= 15 is 0 Å². The summed E-state index contributed by atoms with van der Waals surface area (Å²) in [5, 5.41) is 8.86. The van der Waals surface area contributed by atoms with Crippen LogP contribution in [0.1, 0.15) is 44.3 Å². The van der Waals surface area contributed by atoms with Crippen molar-refractivity contribution in [2.24, 2.45) is 0 Å². The first-order valence-electron chi connectivity index (χ1n) is 10.8. The Balaban J connectivity index is 1.72. The molecule has 0 aliphatic carbocycles. The highest BCUT2D eigenvalue weighted by atomic mass is 16.6. The predicted octanol–water partition coefficient (Wildman–Crippen LogP) is 3.07. The topological polar surface area (TPSA) is 102 Å². The van der Waals surface area contributed by atoms with E-state index in [1.54, 1.807) is 13.0 Å². The van der Waals surface area contributed by atoms with Gasteiger partial charge in [0.1, 0.15) is 11.9 Å². The number of cyclic esters (lactones) is 1. The molecule has 1 aromatic rings. The third-order valence-corrected chi connectivity index (χ3v) is 5.57. The number of hydrogen-bond donors (Lipinski definition) is 1. The summed E-state index contributed by atoms with van der Waals surface area (Å²) in [5.74, 6) is -0.630. The summed E-state index contributed by atoms with van der Waals surface area (Å²) in [6, 6.07) is 8.59. The smallest absolute Gasteiger partial charge is 0.417 e. The van der Waals surface area contributed by atoms with E-state index in [1.165, 1.54) is 13.2 Å². The van der Waals surface area contributed by atoms with Crippen LogP contribution in [-0.2, 0) is 23.8 Å². The van der Waals surface area contributed by atoms with Crippen molar-refractivity contribution in [3.63, 3.8) is 0 Å². The van der Waals surface area contributed by atoms with Crippen molar-refractivity contribution in [1.29, 1.82) is 0 Å². The van der Waals surface area contributed by atoms with Gasteiger partial charge in [0.05, 0.1) is 6.04 Å². The van der Waals surface area contributed by atoms with E-state index in [4.69, 9.17) is 19.3 Å². The van der Waals surface area contributed by atoms with Crippen molar-refractivity contribution in [2.75, 3.05) is 13.7 Å². The summed E-state index contributed by atoms with van der Waals surface area (Å²) >= 11 is 0. The van der Waals surface area contributed by atoms with E-state index in [9.17, 15) is 14.4 Å². The second kappa shape index (κ2) is 11.1. The largest absolute Gasteiger partial charge is 0.479 e. The number of carbonyl (C=O) groups is 3. The van der Waals surface area contributed by atoms with Crippen LogP contribution in [0.3, 0.4) is 0 Å². The molecule has 1 aromatic carbocycles.